The lowest BCUT2D eigenvalue weighted by Gasteiger charge is -2.20. The van der Waals surface area contributed by atoms with E-state index in [0.29, 0.717) is 42.5 Å². The summed E-state index contributed by atoms with van der Waals surface area (Å²) in [6, 6.07) is 14.7. The first kappa shape index (κ1) is 21.7. The number of anilines is 2. The van der Waals surface area contributed by atoms with Crippen LogP contribution in [-0.4, -0.2) is 46.6 Å². The molecule has 0 fully saturated rings. The van der Waals surface area contributed by atoms with E-state index in [2.05, 4.69) is 15.3 Å². The van der Waals surface area contributed by atoms with Crippen LogP contribution in [0.5, 0.6) is 0 Å². The van der Waals surface area contributed by atoms with E-state index in [1.807, 2.05) is 35.0 Å². The number of aromatic nitrogens is 3. The number of aryl methyl sites for hydroxylation is 1. The first-order valence-electron chi connectivity index (χ1n) is 10.2. The van der Waals surface area contributed by atoms with E-state index < -0.39 is 0 Å². The molecule has 0 atom stereocenters. The average molecular weight is 450 g/mol. The van der Waals surface area contributed by atoms with Gasteiger partial charge in [-0.25, -0.2) is 9.97 Å². The van der Waals surface area contributed by atoms with Gasteiger partial charge >= 0.3 is 0 Å². The van der Waals surface area contributed by atoms with Crippen LogP contribution in [-0.2, 0) is 16.1 Å². The molecular formula is C23H23N5O3S. The maximum Gasteiger partial charge on any atom is 0.260 e. The average Bonchev–Trinajstić information content (AvgIpc) is 3.48. The number of nitrogens with zero attached hydrogens (tertiary/aromatic N) is 4. The second kappa shape index (κ2) is 10.2. The summed E-state index contributed by atoms with van der Waals surface area (Å²) < 4.78 is 8.06. The number of hydrogen-bond acceptors (Lipinski definition) is 6. The van der Waals surface area contributed by atoms with E-state index in [0.717, 1.165) is 10.2 Å². The third-order valence-electron chi connectivity index (χ3n) is 4.83. The van der Waals surface area contributed by atoms with E-state index in [1.54, 1.807) is 48.8 Å². The van der Waals surface area contributed by atoms with Gasteiger partial charge in [-0.1, -0.05) is 29.5 Å². The highest BCUT2D eigenvalue weighted by Gasteiger charge is 2.21. The lowest BCUT2D eigenvalue weighted by molar-refractivity contribution is -0.116. The maximum atomic E-state index is 13.4. The smallest absolute Gasteiger partial charge is 0.260 e. The molecular weight excluding hydrogens is 426 g/mol. The van der Waals surface area contributed by atoms with Crippen LogP contribution in [0.1, 0.15) is 16.8 Å². The quantitative estimate of drug-likeness (QED) is 0.420. The Morgan fingerprint density at radius 2 is 2.06 bits per heavy atom. The van der Waals surface area contributed by atoms with Crippen molar-refractivity contribution in [2.75, 3.05) is 30.5 Å². The number of carbonyl (C=O) groups is 2. The van der Waals surface area contributed by atoms with E-state index in [-0.39, 0.29) is 11.8 Å². The Kier molecular flexibility index (Phi) is 6.88. The molecule has 0 aliphatic carbocycles. The van der Waals surface area contributed by atoms with Gasteiger partial charge in [0.1, 0.15) is 0 Å². The largest absolute Gasteiger partial charge is 0.383 e. The summed E-state index contributed by atoms with van der Waals surface area (Å²) in [6.45, 7) is 1.29. The molecule has 4 rings (SSSR count). The van der Waals surface area contributed by atoms with Crippen LogP contribution in [0, 0.1) is 0 Å². The number of nitrogens with one attached hydrogen (secondary N) is 1. The summed E-state index contributed by atoms with van der Waals surface area (Å²) in [4.78, 5) is 35.9. The second-order valence-corrected chi connectivity index (χ2v) is 8.10. The number of imidazole rings is 1. The summed E-state index contributed by atoms with van der Waals surface area (Å²) in [5, 5.41) is 3.48. The topological polar surface area (TPSA) is 89.4 Å². The molecule has 4 aromatic rings. The number of para-hydroxylation sites is 1. The first-order valence-corrected chi connectivity index (χ1v) is 11.0. The third-order valence-corrected chi connectivity index (χ3v) is 5.89. The molecule has 0 saturated heterocycles. The van der Waals surface area contributed by atoms with Gasteiger partial charge in [-0.3, -0.25) is 14.5 Å². The van der Waals surface area contributed by atoms with Gasteiger partial charge in [0.15, 0.2) is 5.13 Å². The minimum atomic E-state index is -0.198. The zero-order chi connectivity index (χ0) is 22.3. The number of carbonyl (C=O) groups excluding carboxylic acids is 2. The normalized spacial score (nSPS) is 10.9. The van der Waals surface area contributed by atoms with Crippen molar-refractivity contribution >= 4 is 44.2 Å². The molecule has 32 heavy (non-hydrogen) atoms. The van der Waals surface area contributed by atoms with Crippen molar-refractivity contribution in [2.45, 2.75) is 13.0 Å². The molecule has 9 heteroatoms. The van der Waals surface area contributed by atoms with Crippen molar-refractivity contribution in [1.29, 1.82) is 0 Å². The molecule has 2 aromatic carbocycles. The Bertz CT molecular complexity index is 1170. The van der Waals surface area contributed by atoms with Crippen LogP contribution in [0.2, 0.25) is 0 Å². The molecule has 8 nitrogen and oxygen atoms in total. The molecule has 0 aliphatic heterocycles. The number of benzene rings is 2. The fourth-order valence-corrected chi connectivity index (χ4v) is 4.19. The van der Waals surface area contributed by atoms with E-state index in [4.69, 9.17) is 4.74 Å². The molecule has 2 amide bonds. The number of fused-ring (bicyclic) bond motifs is 1. The number of amides is 2. The Balaban J connectivity index is 1.50. The van der Waals surface area contributed by atoms with E-state index >= 15 is 0 Å². The summed E-state index contributed by atoms with van der Waals surface area (Å²) >= 11 is 1.46. The van der Waals surface area contributed by atoms with Gasteiger partial charge < -0.3 is 14.6 Å². The minimum absolute atomic E-state index is 0.134. The van der Waals surface area contributed by atoms with Crippen molar-refractivity contribution in [3.63, 3.8) is 0 Å². The predicted octanol–water partition coefficient (Wildman–Crippen LogP) is 3.81. The van der Waals surface area contributed by atoms with Crippen LogP contribution in [0.4, 0.5) is 10.8 Å². The standard InChI is InChI=1S/C23H23N5O3S/c1-31-14-13-28(23-26-19-7-2-3-8-20(19)32-23)22(30)17-5-4-6-18(15-17)25-21(29)9-11-27-12-10-24-16-27/h2-8,10,12,15-16H,9,11,13-14H2,1H3,(H,25,29). The fourth-order valence-electron chi connectivity index (χ4n) is 3.20. The zero-order valence-corrected chi connectivity index (χ0v) is 18.4. The Hall–Kier alpha value is -3.56. The van der Waals surface area contributed by atoms with Gasteiger partial charge in [-0.15, -0.1) is 0 Å². The molecule has 0 spiro atoms. The van der Waals surface area contributed by atoms with E-state index in [1.165, 1.54) is 11.3 Å². The highest BCUT2D eigenvalue weighted by atomic mass is 32.1. The molecule has 0 aliphatic rings. The maximum absolute atomic E-state index is 13.4. The number of hydrogen-bond donors (Lipinski definition) is 1. The van der Waals surface area contributed by atoms with Crippen molar-refractivity contribution in [1.82, 2.24) is 14.5 Å². The molecule has 164 valence electrons. The van der Waals surface area contributed by atoms with Crippen molar-refractivity contribution < 1.29 is 14.3 Å². The monoisotopic (exact) mass is 449 g/mol. The molecule has 2 heterocycles. The highest BCUT2D eigenvalue weighted by molar-refractivity contribution is 7.22. The molecule has 2 aromatic heterocycles. The van der Waals surface area contributed by atoms with Crippen molar-refractivity contribution in [3.05, 3.63) is 72.8 Å². The number of ether oxygens (including phenoxy) is 1. The molecule has 0 saturated carbocycles. The lowest BCUT2D eigenvalue weighted by atomic mass is 10.1. The van der Waals surface area contributed by atoms with Crippen LogP contribution in [0.15, 0.2) is 67.3 Å². The third kappa shape index (κ3) is 5.19. The van der Waals surface area contributed by atoms with Gasteiger partial charge in [0.25, 0.3) is 5.91 Å². The van der Waals surface area contributed by atoms with Gasteiger partial charge in [-0.2, -0.15) is 0 Å². The second-order valence-electron chi connectivity index (χ2n) is 7.09. The van der Waals surface area contributed by atoms with Crippen LogP contribution in [0.25, 0.3) is 10.2 Å². The van der Waals surface area contributed by atoms with Crippen molar-refractivity contribution in [3.8, 4) is 0 Å². The van der Waals surface area contributed by atoms with Crippen molar-refractivity contribution in [2.24, 2.45) is 0 Å². The predicted molar refractivity (Wildman–Crippen MR) is 125 cm³/mol. The Labute approximate surface area is 189 Å². The zero-order valence-electron chi connectivity index (χ0n) is 17.6. The summed E-state index contributed by atoms with van der Waals surface area (Å²) in [5.74, 6) is -0.332. The number of rotatable bonds is 9. The van der Waals surface area contributed by atoms with Crippen LogP contribution < -0.4 is 10.2 Å². The lowest BCUT2D eigenvalue weighted by Crippen LogP contribution is -2.34. The summed E-state index contributed by atoms with van der Waals surface area (Å²) in [6.07, 6.45) is 5.46. The fraction of sp³-hybridized carbons (Fsp3) is 0.217. The molecule has 0 bridgehead atoms. The van der Waals surface area contributed by atoms with Gasteiger partial charge in [0, 0.05) is 43.7 Å². The molecule has 0 radical (unpaired) electrons. The number of thiazole rings is 1. The van der Waals surface area contributed by atoms with Crippen LogP contribution in [0.3, 0.4) is 0 Å². The Morgan fingerprint density at radius 1 is 1.19 bits per heavy atom. The van der Waals surface area contributed by atoms with E-state index in [9.17, 15) is 9.59 Å². The molecule has 1 N–H and O–H groups in total. The SMILES string of the molecule is COCCN(C(=O)c1cccc(NC(=O)CCn2ccnc2)c1)c1nc2ccccc2s1. The summed E-state index contributed by atoms with van der Waals surface area (Å²) in [7, 11) is 1.60. The summed E-state index contributed by atoms with van der Waals surface area (Å²) in [5.41, 5.74) is 1.89. The van der Waals surface area contributed by atoms with Gasteiger partial charge in [0.05, 0.1) is 29.7 Å². The first-order chi connectivity index (χ1) is 15.6. The highest BCUT2D eigenvalue weighted by Crippen LogP contribution is 2.29. The van der Waals surface area contributed by atoms with Gasteiger partial charge in [-0.05, 0) is 30.3 Å². The Morgan fingerprint density at radius 3 is 2.84 bits per heavy atom. The molecule has 0 unspecified atom stereocenters. The minimum Gasteiger partial charge on any atom is -0.383 e. The number of methoxy groups -OCH3 is 1. The van der Waals surface area contributed by atoms with Crippen LogP contribution >= 0.6 is 11.3 Å². The van der Waals surface area contributed by atoms with Gasteiger partial charge in [0.2, 0.25) is 5.91 Å².